The number of fused-ring (bicyclic) bond motifs is 1. The van der Waals surface area contributed by atoms with Crippen molar-refractivity contribution in [3.63, 3.8) is 0 Å². The summed E-state index contributed by atoms with van der Waals surface area (Å²) < 4.78 is 0. The zero-order chi connectivity index (χ0) is 12.3. The average molecular weight is 230 g/mol. The summed E-state index contributed by atoms with van der Waals surface area (Å²) in [6, 6.07) is 8.78. The lowest BCUT2D eigenvalue weighted by Gasteiger charge is -2.13. The second kappa shape index (κ2) is 5.50. The molecule has 1 nitrogen and oxygen atoms in total. The smallest absolute Gasteiger partial charge is 0.0434 e. The fourth-order valence-corrected chi connectivity index (χ4v) is 3.12. The van der Waals surface area contributed by atoms with Gasteiger partial charge in [-0.2, -0.15) is 0 Å². The van der Waals surface area contributed by atoms with Gasteiger partial charge in [-0.15, -0.1) is 0 Å². The molecule has 0 amide bonds. The summed E-state index contributed by atoms with van der Waals surface area (Å²) in [5.41, 5.74) is 6.04. The second-order valence-corrected chi connectivity index (χ2v) is 4.73. The van der Waals surface area contributed by atoms with E-state index < -0.39 is 0 Å². The van der Waals surface area contributed by atoms with Crippen molar-refractivity contribution in [1.82, 2.24) is 0 Å². The average Bonchev–Trinajstić information content (AvgIpc) is 2.69. The molecule has 1 aliphatic rings. The van der Waals surface area contributed by atoms with E-state index in [2.05, 4.69) is 38.1 Å². The molecule has 0 bridgehead atoms. The maximum Gasteiger partial charge on any atom is 0.0434 e. The Bertz CT molecular complexity index is 417. The fraction of sp³-hybridized carbons (Fsp3) is 0.500. The third-order valence-electron chi connectivity index (χ3n) is 3.84. The van der Waals surface area contributed by atoms with E-state index in [1.54, 1.807) is 5.57 Å². The first-order valence-electron chi connectivity index (χ1n) is 6.75. The SMILES string of the molecule is CCC1=C(CCCO)c2ccccc2C1CC. The Hall–Kier alpha value is -1.08. The minimum Gasteiger partial charge on any atom is -0.396 e. The van der Waals surface area contributed by atoms with Crippen LogP contribution in [0.15, 0.2) is 29.8 Å². The number of hydrogen-bond donors (Lipinski definition) is 1. The largest absolute Gasteiger partial charge is 0.396 e. The molecule has 0 fully saturated rings. The molecule has 1 aromatic carbocycles. The molecule has 0 aliphatic heterocycles. The van der Waals surface area contributed by atoms with Crippen molar-refractivity contribution in [2.24, 2.45) is 0 Å². The number of hydrogen-bond acceptors (Lipinski definition) is 1. The van der Waals surface area contributed by atoms with Crippen molar-refractivity contribution in [3.8, 4) is 0 Å². The lowest BCUT2D eigenvalue weighted by Crippen LogP contribution is -1.96. The molecule has 1 unspecified atom stereocenters. The van der Waals surface area contributed by atoms with Crippen LogP contribution in [0.3, 0.4) is 0 Å². The molecule has 0 aromatic heterocycles. The molecule has 1 aliphatic carbocycles. The monoisotopic (exact) mass is 230 g/mol. The van der Waals surface area contributed by atoms with Crippen LogP contribution in [0.25, 0.3) is 5.57 Å². The summed E-state index contributed by atoms with van der Waals surface area (Å²) in [7, 11) is 0. The molecule has 92 valence electrons. The van der Waals surface area contributed by atoms with Crippen molar-refractivity contribution in [2.45, 2.75) is 45.4 Å². The van der Waals surface area contributed by atoms with Gasteiger partial charge in [0, 0.05) is 12.5 Å². The molecule has 0 saturated carbocycles. The molecular formula is C16H22O. The molecule has 17 heavy (non-hydrogen) atoms. The van der Waals surface area contributed by atoms with E-state index in [-0.39, 0.29) is 0 Å². The van der Waals surface area contributed by atoms with Crippen molar-refractivity contribution >= 4 is 5.57 Å². The molecule has 0 heterocycles. The van der Waals surface area contributed by atoms with E-state index >= 15 is 0 Å². The van der Waals surface area contributed by atoms with Gasteiger partial charge in [-0.1, -0.05) is 43.7 Å². The van der Waals surface area contributed by atoms with Gasteiger partial charge in [0.05, 0.1) is 0 Å². The molecule has 2 rings (SSSR count). The highest BCUT2D eigenvalue weighted by Gasteiger charge is 2.27. The van der Waals surface area contributed by atoms with Gasteiger partial charge in [-0.3, -0.25) is 0 Å². The normalized spacial score (nSPS) is 18.6. The standard InChI is InChI=1S/C16H22O/c1-3-12-13(4-2)15(10-7-11-17)16-9-6-5-8-14(12)16/h5-6,8-9,12,17H,3-4,7,10-11H2,1-2H3. The van der Waals surface area contributed by atoms with Gasteiger partial charge in [0.1, 0.15) is 0 Å². The van der Waals surface area contributed by atoms with Gasteiger partial charge < -0.3 is 5.11 Å². The van der Waals surface area contributed by atoms with E-state index in [4.69, 9.17) is 5.11 Å². The molecule has 0 radical (unpaired) electrons. The van der Waals surface area contributed by atoms with E-state index in [1.807, 2.05) is 0 Å². The minimum absolute atomic E-state index is 0.291. The van der Waals surface area contributed by atoms with Crippen LogP contribution in [0, 0.1) is 0 Å². The molecule has 0 saturated heterocycles. The van der Waals surface area contributed by atoms with Crippen LogP contribution in [0.5, 0.6) is 0 Å². The third-order valence-corrected chi connectivity index (χ3v) is 3.84. The quantitative estimate of drug-likeness (QED) is 0.806. The molecule has 1 atom stereocenters. The van der Waals surface area contributed by atoms with Gasteiger partial charge in [-0.05, 0) is 42.4 Å². The number of aliphatic hydroxyl groups excluding tert-OH is 1. The van der Waals surface area contributed by atoms with Crippen molar-refractivity contribution in [1.29, 1.82) is 0 Å². The zero-order valence-corrected chi connectivity index (χ0v) is 10.9. The van der Waals surface area contributed by atoms with Crippen LogP contribution < -0.4 is 0 Å². The van der Waals surface area contributed by atoms with Crippen LogP contribution in [-0.2, 0) is 0 Å². The third kappa shape index (κ3) is 2.16. The van der Waals surface area contributed by atoms with Crippen molar-refractivity contribution in [2.75, 3.05) is 6.61 Å². The van der Waals surface area contributed by atoms with Gasteiger partial charge in [0.25, 0.3) is 0 Å². The fourth-order valence-electron chi connectivity index (χ4n) is 3.12. The van der Waals surface area contributed by atoms with Gasteiger partial charge in [0.2, 0.25) is 0 Å². The molecule has 1 aromatic rings. The van der Waals surface area contributed by atoms with E-state index in [1.165, 1.54) is 23.1 Å². The molecule has 1 heteroatoms. The Morgan fingerprint density at radius 2 is 1.94 bits per heavy atom. The molecule has 0 spiro atoms. The van der Waals surface area contributed by atoms with Crippen molar-refractivity contribution in [3.05, 3.63) is 41.0 Å². The second-order valence-electron chi connectivity index (χ2n) is 4.73. The highest BCUT2D eigenvalue weighted by Crippen LogP contribution is 2.46. The van der Waals surface area contributed by atoms with Crippen LogP contribution in [0.1, 0.15) is 56.6 Å². The van der Waals surface area contributed by atoms with Gasteiger partial charge in [-0.25, -0.2) is 0 Å². The Kier molecular flexibility index (Phi) is 4.01. The summed E-state index contributed by atoms with van der Waals surface area (Å²) in [6.45, 7) is 4.81. The Balaban J connectivity index is 2.42. The Morgan fingerprint density at radius 1 is 1.18 bits per heavy atom. The lowest BCUT2D eigenvalue weighted by atomic mass is 9.91. The number of aliphatic hydroxyl groups is 1. The van der Waals surface area contributed by atoms with Crippen LogP contribution in [0.2, 0.25) is 0 Å². The predicted octanol–water partition coefficient (Wildman–Crippen LogP) is 4.13. The molecular weight excluding hydrogens is 208 g/mol. The summed E-state index contributed by atoms with van der Waals surface area (Å²) in [4.78, 5) is 0. The Labute approximate surface area is 104 Å². The molecule has 1 N–H and O–H groups in total. The zero-order valence-electron chi connectivity index (χ0n) is 10.9. The van der Waals surface area contributed by atoms with Crippen LogP contribution in [0.4, 0.5) is 0 Å². The van der Waals surface area contributed by atoms with E-state index in [0.29, 0.717) is 12.5 Å². The van der Waals surface area contributed by atoms with Gasteiger partial charge in [0.15, 0.2) is 0 Å². The predicted molar refractivity (Wildman–Crippen MR) is 73.0 cm³/mol. The highest BCUT2D eigenvalue weighted by molar-refractivity contribution is 5.78. The van der Waals surface area contributed by atoms with Crippen molar-refractivity contribution < 1.29 is 5.11 Å². The summed E-state index contributed by atoms with van der Waals surface area (Å²) in [5.74, 6) is 0.616. The number of allylic oxidation sites excluding steroid dienone is 2. The highest BCUT2D eigenvalue weighted by atomic mass is 16.2. The minimum atomic E-state index is 0.291. The topological polar surface area (TPSA) is 20.2 Å². The Morgan fingerprint density at radius 3 is 2.59 bits per heavy atom. The summed E-state index contributed by atoms with van der Waals surface area (Å²) in [5, 5.41) is 9.03. The first-order chi connectivity index (χ1) is 8.33. The maximum atomic E-state index is 9.03. The maximum absolute atomic E-state index is 9.03. The van der Waals surface area contributed by atoms with Crippen LogP contribution >= 0.6 is 0 Å². The van der Waals surface area contributed by atoms with Gasteiger partial charge >= 0.3 is 0 Å². The first-order valence-corrected chi connectivity index (χ1v) is 6.75. The van der Waals surface area contributed by atoms with E-state index in [9.17, 15) is 0 Å². The number of rotatable bonds is 5. The number of benzene rings is 1. The van der Waals surface area contributed by atoms with Crippen LogP contribution in [-0.4, -0.2) is 11.7 Å². The lowest BCUT2D eigenvalue weighted by molar-refractivity contribution is 0.290. The van der Waals surface area contributed by atoms with E-state index in [0.717, 1.165) is 19.3 Å². The first kappa shape index (κ1) is 12.4. The summed E-state index contributed by atoms with van der Waals surface area (Å²) >= 11 is 0. The summed E-state index contributed by atoms with van der Waals surface area (Å²) in [6.07, 6.45) is 4.22.